The lowest BCUT2D eigenvalue weighted by atomic mass is 10.0. The van der Waals surface area contributed by atoms with Gasteiger partial charge in [-0.3, -0.25) is 9.59 Å². The summed E-state index contributed by atoms with van der Waals surface area (Å²) in [5, 5.41) is 6.01. The van der Waals surface area contributed by atoms with Gasteiger partial charge in [-0.2, -0.15) is 0 Å². The highest BCUT2D eigenvalue weighted by Crippen LogP contribution is 2.35. The molecule has 2 aromatic carbocycles. The number of nitrogens with one attached hydrogen (secondary N) is 2. The van der Waals surface area contributed by atoms with Gasteiger partial charge < -0.3 is 15.4 Å². The lowest BCUT2D eigenvalue weighted by molar-refractivity contribution is -0.143. The average Bonchev–Trinajstić information content (AvgIpc) is 2.52. The van der Waals surface area contributed by atoms with E-state index in [1.54, 1.807) is 24.3 Å². The van der Waals surface area contributed by atoms with Crippen LogP contribution in [0.4, 0.5) is 11.4 Å². The number of benzene rings is 2. The number of hydrogen-bond acceptors (Lipinski definition) is 3. The zero-order chi connectivity index (χ0) is 17.5. The third-order valence-corrected chi connectivity index (χ3v) is 4.31. The Morgan fingerprint density at radius 3 is 2.71 bits per heavy atom. The minimum Gasteiger partial charge on any atom is -0.466 e. The molecule has 3 rings (SSSR count). The zero-order valence-electron chi connectivity index (χ0n) is 12.9. The van der Waals surface area contributed by atoms with Crippen LogP contribution in [0.25, 0.3) is 0 Å². The minimum absolute atomic E-state index is 0.307. The van der Waals surface area contributed by atoms with Crippen LogP contribution in [0.1, 0.15) is 12.5 Å². The maximum atomic E-state index is 12.6. The largest absolute Gasteiger partial charge is 0.466 e. The van der Waals surface area contributed by atoms with Crippen LogP contribution in [0.5, 0.6) is 5.75 Å². The molecule has 124 valence electrons. The molecule has 2 amide bonds. The molecule has 24 heavy (non-hydrogen) atoms. The Bertz CT molecular complexity index is 854. The Labute approximate surface area is 148 Å². The molecule has 1 unspecified atom stereocenters. The predicted octanol–water partition coefficient (Wildman–Crippen LogP) is 4.03. The van der Waals surface area contributed by atoms with Crippen LogP contribution < -0.4 is 15.4 Å². The minimum atomic E-state index is -1.73. The normalized spacial score (nSPS) is 19.1. The van der Waals surface area contributed by atoms with Gasteiger partial charge in [0, 0.05) is 5.02 Å². The average molecular weight is 365 g/mol. The van der Waals surface area contributed by atoms with Gasteiger partial charge in [0.1, 0.15) is 5.75 Å². The molecule has 7 heteroatoms. The fourth-order valence-corrected chi connectivity index (χ4v) is 2.66. The Morgan fingerprint density at radius 2 is 1.96 bits per heavy atom. The van der Waals surface area contributed by atoms with Crippen molar-refractivity contribution in [1.82, 2.24) is 0 Å². The molecule has 0 fully saturated rings. The van der Waals surface area contributed by atoms with Gasteiger partial charge in [0.15, 0.2) is 0 Å². The first kappa shape index (κ1) is 16.6. The van der Waals surface area contributed by atoms with Crippen LogP contribution in [-0.4, -0.2) is 17.4 Å². The molecule has 0 aromatic heterocycles. The van der Waals surface area contributed by atoms with E-state index in [4.69, 9.17) is 27.9 Å². The van der Waals surface area contributed by atoms with E-state index >= 15 is 0 Å². The highest BCUT2D eigenvalue weighted by atomic mass is 35.5. The maximum Gasteiger partial charge on any atom is 0.278 e. The van der Waals surface area contributed by atoms with Crippen molar-refractivity contribution in [2.24, 2.45) is 0 Å². The van der Waals surface area contributed by atoms with Gasteiger partial charge in [0.05, 0.1) is 16.4 Å². The third-order valence-electron chi connectivity index (χ3n) is 3.74. The molecule has 0 spiro atoms. The number of carbonyl (C=O) groups is 2. The summed E-state index contributed by atoms with van der Waals surface area (Å²) in [7, 11) is 0. The van der Waals surface area contributed by atoms with Gasteiger partial charge in [-0.15, -0.1) is 0 Å². The van der Waals surface area contributed by atoms with Gasteiger partial charge in [-0.1, -0.05) is 29.3 Å². The quantitative estimate of drug-likeness (QED) is 0.790. The topological polar surface area (TPSA) is 67.4 Å². The number of halogens is 2. The first-order valence-corrected chi connectivity index (χ1v) is 7.93. The summed E-state index contributed by atoms with van der Waals surface area (Å²) in [6, 6.07) is 9.98. The number of rotatable bonds is 2. The van der Waals surface area contributed by atoms with Crippen molar-refractivity contribution >= 4 is 46.4 Å². The van der Waals surface area contributed by atoms with Crippen LogP contribution in [-0.2, 0) is 9.59 Å². The molecular formula is C17H14Cl2N2O3. The van der Waals surface area contributed by atoms with Crippen LogP contribution in [0.3, 0.4) is 0 Å². The molecule has 1 aliphatic heterocycles. The second-order valence-electron chi connectivity index (χ2n) is 5.67. The molecule has 2 aromatic rings. The van der Waals surface area contributed by atoms with E-state index in [1.165, 1.54) is 13.0 Å². The summed E-state index contributed by atoms with van der Waals surface area (Å²) in [6.45, 7) is 3.30. The molecule has 2 N–H and O–H groups in total. The van der Waals surface area contributed by atoms with Crippen molar-refractivity contribution in [3.05, 3.63) is 52.0 Å². The summed E-state index contributed by atoms with van der Waals surface area (Å²) in [5.41, 5.74) is 0.0810. The smallest absolute Gasteiger partial charge is 0.278 e. The number of hydrogen-bond donors (Lipinski definition) is 2. The van der Waals surface area contributed by atoms with E-state index in [-0.39, 0.29) is 0 Å². The summed E-state index contributed by atoms with van der Waals surface area (Å²) >= 11 is 12.0. The highest BCUT2D eigenvalue weighted by molar-refractivity contribution is 6.36. The van der Waals surface area contributed by atoms with E-state index < -0.39 is 17.4 Å². The van der Waals surface area contributed by atoms with Gasteiger partial charge >= 0.3 is 0 Å². The van der Waals surface area contributed by atoms with E-state index in [2.05, 4.69) is 10.6 Å². The van der Waals surface area contributed by atoms with Crippen molar-refractivity contribution < 1.29 is 14.3 Å². The van der Waals surface area contributed by atoms with Crippen molar-refractivity contribution in [2.45, 2.75) is 19.4 Å². The first-order valence-electron chi connectivity index (χ1n) is 7.17. The number of anilines is 2. The molecule has 1 aliphatic rings. The van der Waals surface area contributed by atoms with Crippen molar-refractivity contribution in [1.29, 1.82) is 0 Å². The monoisotopic (exact) mass is 364 g/mol. The van der Waals surface area contributed by atoms with E-state index in [9.17, 15) is 9.59 Å². The lowest BCUT2D eigenvalue weighted by Gasteiger charge is -2.33. The second kappa shape index (κ2) is 6.00. The molecule has 0 bridgehead atoms. The Kier molecular flexibility index (Phi) is 4.15. The van der Waals surface area contributed by atoms with E-state index in [0.29, 0.717) is 27.2 Å². The predicted molar refractivity (Wildman–Crippen MR) is 93.9 cm³/mol. The van der Waals surface area contributed by atoms with Crippen LogP contribution in [0.2, 0.25) is 10.0 Å². The highest BCUT2D eigenvalue weighted by Gasteiger charge is 2.47. The lowest BCUT2D eigenvalue weighted by Crippen LogP contribution is -2.56. The summed E-state index contributed by atoms with van der Waals surface area (Å²) < 4.78 is 5.69. The Balaban J connectivity index is 1.90. The number of amides is 2. The van der Waals surface area contributed by atoms with Crippen molar-refractivity contribution in [3.8, 4) is 5.75 Å². The first-order chi connectivity index (χ1) is 11.3. The molecule has 1 heterocycles. The fraction of sp³-hybridized carbons (Fsp3) is 0.176. The Morgan fingerprint density at radius 1 is 1.21 bits per heavy atom. The number of fused-ring (bicyclic) bond motifs is 1. The number of aryl methyl sites for hydroxylation is 1. The summed E-state index contributed by atoms with van der Waals surface area (Å²) in [4.78, 5) is 25.1. The van der Waals surface area contributed by atoms with Gasteiger partial charge in [0.2, 0.25) is 0 Å². The molecule has 5 nitrogen and oxygen atoms in total. The van der Waals surface area contributed by atoms with Gasteiger partial charge in [-0.05, 0) is 49.7 Å². The van der Waals surface area contributed by atoms with E-state index in [0.717, 1.165) is 5.56 Å². The van der Waals surface area contributed by atoms with Gasteiger partial charge in [-0.25, -0.2) is 0 Å². The number of ether oxygens (including phenoxy) is 1. The van der Waals surface area contributed by atoms with Crippen LogP contribution in [0.15, 0.2) is 36.4 Å². The maximum absolute atomic E-state index is 12.6. The molecule has 0 saturated carbocycles. The summed E-state index contributed by atoms with van der Waals surface area (Å²) in [5.74, 6) is -0.776. The summed E-state index contributed by atoms with van der Waals surface area (Å²) in [6.07, 6.45) is 0. The van der Waals surface area contributed by atoms with Crippen LogP contribution in [0, 0.1) is 6.92 Å². The van der Waals surface area contributed by atoms with E-state index in [1.807, 2.05) is 13.0 Å². The Hall–Kier alpha value is -2.24. The van der Waals surface area contributed by atoms with Crippen LogP contribution >= 0.6 is 23.2 Å². The number of carbonyl (C=O) groups excluding carboxylic acids is 2. The molecular weight excluding hydrogens is 351 g/mol. The van der Waals surface area contributed by atoms with Crippen molar-refractivity contribution in [3.63, 3.8) is 0 Å². The molecule has 0 saturated heterocycles. The third kappa shape index (κ3) is 2.92. The standard InChI is InChI=1S/C17H14Cl2N2O3/c1-9-3-6-14-13(7-9)21-16(23)17(2,24-14)15(22)20-12-8-10(18)4-5-11(12)19/h3-8H,1-2H3,(H,20,22)(H,21,23). The molecule has 0 radical (unpaired) electrons. The second-order valence-corrected chi connectivity index (χ2v) is 6.51. The molecule has 0 aliphatic carbocycles. The van der Waals surface area contributed by atoms with Gasteiger partial charge in [0.25, 0.3) is 17.4 Å². The molecule has 1 atom stereocenters. The fourth-order valence-electron chi connectivity index (χ4n) is 2.32. The zero-order valence-corrected chi connectivity index (χ0v) is 14.5. The van der Waals surface area contributed by atoms with Crippen molar-refractivity contribution in [2.75, 3.05) is 10.6 Å². The SMILES string of the molecule is Cc1ccc2c(c1)NC(=O)C(C)(C(=O)Nc1cc(Cl)ccc1Cl)O2.